The maximum Gasteiger partial charge on any atom is 0.305 e. The van der Waals surface area contributed by atoms with Crippen molar-refractivity contribution < 1.29 is 14.3 Å². The molecule has 19 heavy (non-hydrogen) atoms. The molecule has 112 valence electrons. The van der Waals surface area contributed by atoms with Crippen LogP contribution in [0.4, 0.5) is 0 Å². The molecule has 0 saturated carbocycles. The number of rotatable bonds is 11. The smallest absolute Gasteiger partial charge is 0.305 e. The van der Waals surface area contributed by atoms with Gasteiger partial charge in [-0.1, -0.05) is 32.6 Å². The molecule has 0 aromatic heterocycles. The molecule has 0 bridgehead atoms. The van der Waals surface area contributed by atoms with Gasteiger partial charge in [-0.3, -0.25) is 4.79 Å². The van der Waals surface area contributed by atoms with E-state index in [1.807, 2.05) is 0 Å². The zero-order valence-corrected chi connectivity index (χ0v) is 12.5. The molecule has 1 saturated heterocycles. The van der Waals surface area contributed by atoms with Crippen LogP contribution in [-0.2, 0) is 14.3 Å². The molecular weight excluding hydrogens is 240 g/mol. The normalized spacial score (nSPS) is 18.7. The van der Waals surface area contributed by atoms with Crippen molar-refractivity contribution in [1.29, 1.82) is 0 Å². The highest BCUT2D eigenvalue weighted by atomic mass is 16.5. The number of esters is 1. The first-order chi connectivity index (χ1) is 9.33. The topological polar surface area (TPSA) is 35.5 Å². The Hall–Kier alpha value is -0.570. The van der Waals surface area contributed by atoms with Crippen molar-refractivity contribution in [2.75, 3.05) is 13.2 Å². The quantitative estimate of drug-likeness (QED) is 0.416. The summed E-state index contributed by atoms with van der Waals surface area (Å²) in [6.07, 6.45) is 12.6. The Balaban J connectivity index is 1.81. The summed E-state index contributed by atoms with van der Waals surface area (Å²) in [5.74, 6) is -0.0198. The van der Waals surface area contributed by atoms with Gasteiger partial charge in [-0.15, -0.1) is 0 Å². The summed E-state index contributed by atoms with van der Waals surface area (Å²) in [5, 5.41) is 0. The highest BCUT2D eigenvalue weighted by molar-refractivity contribution is 5.69. The van der Waals surface area contributed by atoms with Gasteiger partial charge in [-0.25, -0.2) is 0 Å². The zero-order chi connectivity index (χ0) is 13.8. The third kappa shape index (κ3) is 9.04. The summed E-state index contributed by atoms with van der Waals surface area (Å²) in [5.41, 5.74) is 0. The minimum absolute atomic E-state index is 0.0198. The number of carbonyl (C=O) groups excluding carboxylic acids is 1. The van der Waals surface area contributed by atoms with Gasteiger partial charge in [0.05, 0.1) is 12.7 Å². The second-order valence-electron chi connectivity index (χ2n) is 5.52. The van der Waals surface area contributed by atoms with Crippen LogP contribution >= 0.6 is 0 Å². The van der Waals surface area contributed by atoms with Gasteiger partial charge in [-0.2, -0.15) is 0 Å². The van der Waals surface area contributed by atoms with Crippen LogP contribution in [-0.4, -0.2) is 25.3 Å². The molecule has 0 amide bonds. The van der Waals surface area contributed by atoms with Gasteiger partial charge in [-0.05, 0) is 38.5 Å². The summed E-state index contributed by atoms with van der Waals surface area (Å²) < 4.78 is 10.8. The van der Waals surface area contributed by atoms with Crippen LogP contribution in [0.15, 0.2) is 0 Å². The molecule has 1 aliphatic rings. The Morgan fingerprint density at radius 2 is 2.00 bits per heavy atom. The molecule has 1 atom stereocenters. The summed E-state index contributed by atoms with van der Waals surface area (Å²) in [4.78, 5) is 11.4. The van der Waals surface area contributed by atoms with E-state index in [-0.39, 0.29) is 5.97 Å². The summed E-state index contributed by atoms with van der Waals surface area (Å²) in [6.45, 7) is 3.71. The lowest BCUT2D eigenvalue weighted by atomic mass is 10.1. The molecule has 1 heterocycles. The molecule has 0 unspecified atom stereocenters. The fourth-order valence-corrected chi connectivity index (χ4v) is 2.48. The minimum Gasteiger partial charge on any atom is -0.466 e. The Bertz CT molecular complexity index is 222. The van der Waals surface area contributed by atoms with Crippen molar-refractivity contribution in [3.8, 4) is 0 Å². The highest BCUT2D eigenvalue weighted by Gasteiger charge is 2.14. The number of unbranched alkanes of at least 4 members (excludes halogenated alkanes) is 5. The SMILES string of the molecule is CCCCCCCC(=O)OCCCC[C@@H]1CCCO1. The van der Waals surface area contributed by atoms with Gasteiger partial charge in [0.1, 0.15) is 0 Å². The van der Waals surface area contributed by atoms with E-state index in [9.17, 15) is 4.79 Å². The van der Waals surface area contributed by atoms with Crippen LogP contribution in [0.3, 0.4) is 0 Å². The Morgan fingerprint density at radius 1 is 1.16 bits per heavy atom. The summed E-state index contributed by atoms with van der Waals surface area (Å²) in [7, 11) is 0. The fraction of sp³-hybridized carbons (Fsp3) is 0.938. The number of hydrogen-bond acceptors (Lipinski definition) is 3. The first kappa shape index (κ1) is 16.5. The van der Waals surface area contributed by atoms with E-state index in [0.29, 0.717) is 19.1 Å². The zero-order valence-electron chi connectivity index (χ0n) is 12.5. The lowest BCUT2D eigenvalue weighted by Gasteiger charge is -2.09. The van der Waals surface area contributed by atoms with Crippen molar-refractivity contribution >= 4 is 5.97 Å². The molecule has 0 aromatic rings. The van der Waals surface area contributed by atoms with Gasteiger partial charge < -0.3 is 9.47 Å². The van der Waals surface area contributed by atoms with Gasteiger partial charge in [0, 0.05) is 13.0 Å². The largest absolute Gasteiger partial charge is 0.466 e. The molecule has 0 N–H and O–H groups in total. The maximum absolute atomic E-state index is 11.4. The van der Waals surface area contributed by atoms with Crippen LogP contribution < -0.4 is 0 Å². The lowest BCUT2D eigenvalue weighted by molar-refractivity contribution is -0.143. The van der Waals surface area contributed by atoms with E-state index in [1.54, 1.807) is 0 Å². The van der Waals surface area contributed by atoms with Crippen molar-refractivity contribution in [1.82, 2.24) is 0 Å². The fourth-order valence-electron chi connectivity index (χ4n) is 2.48. The molecule has 1 aliphatic heterocycles. The van der Waals surface area contributed by atoms with E-state index in [2.05, 4.69) is 6.92 Å². The standard InChI is InChI=1S/C16H30O3/c1-2-3-4-5-6-12-16(17)19-13-8-7-10-15-11-9-14-18-15/h15H,2-14H2,1H3/t15-/m1/s1. The van der Waals surface area contributed by atoms with Crippen molar-refractivity contribution in [3.63, 3.8) is 0 Å². The summed E-state index contributed by atoms with van der Waals surface area (Å²) >= 11 is 0. The van der Waals surface area contributed by atoms with Crippen molar-refractivity contribution in [3.05, 3.63) is 0 Å². The van der Waals surface area contributed by atoms with Gasteiger partial charge in [0.2, 0.25) is 0 Å². The van der Waals surface area contributed by atoms with Crippen LogP contribution in [0, 0.1) is 0 Å². The van der Waals surface area contributed by atoms with Crippen LogP contribution in [0.5, 0.6) is 0 Å². The van der Waals surface area contributed by atoms with E-state index >= 15 is 0 Å². The lowest BCUT2D eigenvalue weighted by Crippen LogP contribution is -2.08. The van der Waals surface area contributed by atoms with Crippen molar-refractivity contribution in [2.45, 2.75) is 83.7 Å². The molecule has 3 nitrogen and oxygen atoms in total. The predicted octanol–water partition coefficient (Wildman–Crippen LogP) is 4.24. The number of carbonyl (C=O) groups is 1. The van der Waals surface area contributed by atoms with Gasteiger partial charge >= 0.3 is 5.97 Å². The van der Waals surface area contributed by atoms with Crippen LogP contribution in [0.2, 0.25) is 0 Å². The predicted molar refractivity (Wildman–Crippen MR) is 77.2 cm³/mol. The first-order valence-corrected chi connectivity index (χ1v) is 8.10. The second kappa shape index (κ2) is 11.3. The third-order valence-electron chi connectivity index (χ3n) is 3.69. The molecular formula is C16H30O3. The molecule has 0 aliphatic carbocycles. The highest BCUT2D eigenvalue weighted by Crippen LogP contribution is 2.17. The van der Waals surface area contributed by atoms with Crippen LogP contribution in [0.1, 0.15) is 77.6 Å². The molecule has 1 rings (SSSR count). The molecule has 0 aromatic carbocycles. The van der Waals surface area contributed by atoms with E-state index in [0.717, 1.165) is 38.7 Å². The molecule has 0 spiro atoms. The summed E-state index contributed by atoms with van der Waals surface area (Å²) in [6, 6.07) is 0. The van der Waals surface area contributed by atoms with Crippen molar-refractivity contribution in [2.24, 2.45) is 0 Å². The van der Waals surface area contributed by atoms with E-state index in [1.165, 1.54) is 32.1 Å². The number of ether oxygens (including phenoxy) is 2. The first-order valence-electron chi connectivity index (χ1n) is 8.10. The second-order valence-corrected chi connectivity index (χ2v) is 5.52. The van der Waals surface area contributed by atoms with E-state index in [4.69, 9.17) is 9.47 Å². The Kier molecular flexibility index (Phi) is 9.78. The Morgan fingerprint density at radius 3 is 2.74 bits per heavy atom. The molecule has 1 fully saturated rings. The molecule has 0 radical (unpaired) electrons. The minimum atomic E-state index is -0.0198. The van der Waals surface area contributed by atoms with Gasteiger partial charge in [0.25, 0.3) is 0 Å². The monoisotopic (exact) mass is 270 g/mol. The average Bonchev–Trinajstić information content (AvgIpc) is 2.91. The van der Waals surface area contributed by atoms with Gasteiger partial charge in [0.15, 0.2) is 0 Å². The Labute approximate surface area is 118 Å². The molecule has 3 heteroatoms. The van der Waals surface area contributed by atoms with E-state index < -0.39 is 0 Å². The maximum atomic E-state index is 11.4. The van der Waals surface area contributed by atoms with Crippen LogP contribution in [0.25, 0.3) is 0 Å². The number of hydrogen-bond donors (Lipinski definition) is 0. The third-order valence-corrected chi connectivity index (χ3v) is 3.69. The average molecular weight is 270 g/mol.